The van der Waals surface area contributed by atoms with E-state index < -0.39 is 0 Å². The van der Waals surface area contributed by atoms with Gasteiger partial charge in [-0.05, 0) is 79.7 Å². The number of hydrogen-bond donors (Lipinski definition) is 2. The molecule has 0 saturated carbocycles. The highest BCUT2D eigenvalue weighted by molar-refractivity contribution is 9.11. The fraction of sp³-hybridized carbons (Fsp3) is 0.241. The van der Waals surface area contributed by atoms with Crippen LogP contribution in [0.4, 0.5) is 23.5 Å². The quantitative estimate of drug-likeness (QED) is 0.147. The van der Waals surface area contributed by atoms with E-state index >= 15 is 0 Å². The van der Waals surface area contributed by atoms with Gasteiger partial charge in [-0.2, -0.15) is 20.1 Å². The monoisotopic (exact) mass is 681 g/mol. The highest BCUT2D eigenvalue weighted by Gasteiger charge is 2.17. The molecule has 4 aromatic rings. The van der Waals surface area contributed by atoms with Crippen LogP contribution in [0.15, 0.2) is 74.7 Å². The number of halogens is 2. The second-order valence-electron chi connectivity index (χ2n) is 9.17. The van der Waals surface area contributed by atoms with Gasteiger partial charge < -0.3 is 24.4 Å². The average molecular weight is 683 g/mol. The number of rotatable bonds is 10. The average Bonchev–Trinajstić information content (AvgIpc) is 2.99. The minimum Gasteiger partial charge on any atom is -0.493 e. The molecule has 1 aliphatic rings. The van der Waals surface area contributed by atoms with Crippen LogP contribution >= 0.6 is 31.9 Å². The van der Waals surface area contributed by atoms with Gasteiger partial charge in [-0.3, -0.25) is 0 Å². The summed E-state index contributed by atoms with van der Waals surface area (Å²) in [6, 6.07) is 19.7. The van der Waals surface area contributed by atoms with Gasteiger partial charge in [-0.1, -0.05) is 36.4 Å². The molecule has 2 heterocycles. The Morgan fingerprint density at radius 3 is 2.51 bits per heavy atom. The zero-order valence-corrected chi connectivity index (χ0v) is 25.8. The first-order valence-corrected chi connectivity index (χ1v) is 14.5. The molecular formula is C29H29Br2N7O3. The highest BCUT2D eigenvalue weighted by Crippen LogP contribution is 2.37. The van der Waals surface area contributed by atoms with Crippen LogP contribution in [0, 0.1) is 6.92 Å². The van der Waals surface area contributed by atoms with Crippen molar-refractivity contribution in [2.24, 2.45) is 5.10 Å². The minimum atomic E-state index is 0.303. The molecule has 0 unspecified atom stereocenters. The fourth-order valence-corrected chi connectivity index (χ4v) is 5.23. The fourth-order valence-electron chi connectivity index (χ4n) is 4.07. The van der Waals surface area contributed by atoms with E-state index in [9.17, 15) is 0 Å². The number of benzene rings is 3. The number of morpholine rings is 1. The molecule has 41 heavy (non-hydrogen) atoms. The Morgan fingerprint density at radius 2 is 1.76 bits per heavy atom. The highest BCUT2D eigenvalue weighted by atomic mass is 79.9. The zero-order valence-electron chi connectivity index (χ0n) is 22.6. The molecule has 0 amide bonds. The number of ether oxygens (including phenoxy) is 3. The van der Waals surface area contributed by atoms with Gasteiger partial charge in [-0.15, -0.1) is 0 Å². The summed E-state index contributed by atoms with van der Waals surface area (Å²) >= 11 is 7.21. The molecule has 5 rings (SSSR count). The number of hydrogen-bond acceptors (Lipinski definition) is 10. The van der Waals surface area contributed by atoms with Crippen LogP contribution in [0.3, 0.4) is 0 Å². The Balaban J connectivity index is 1.34. The van der Waals surface area contributed by atoms with Gasteiger partial charge in [0.1, 0.15) is 6.61 Å². The molecule has 0 radical (unpaired) electrons. The van der Waals surface area contributed by atoms with E-state index in [0.29, 0.717) is 62.3 Å². The van der Waals surface area contributed by atoms with Gasteiger partial charge in [0.2, 0.25) is 17.8 Å². The van der Waals surface area contributed by atoms with Crippen molar-refractivity contribution in [3.05, 3.63) is 86.3 Å². The van der Waals surface area contributed by atoms with Gasteiger partial charge >= 0.3 is 0 Å². The molecule has 1 aliphatic heterocycles. The molecule has 12 heteroatoms. The van der Waals surface area contributed by atoms with Gasteiger partial charge in [0.05, 0.1) is 36.7 Å². The van der Waals surface area contributed by atoms with Crippen LogP contribution in [-0.4, -0.2) is 54.6 Å². The Hall–Kier alpha value is -3.74. The van der Waals surface area contributed by atoms with Crippen LogP contribution in [0.5, 0.6) is 11.5 Å². The Morgan fingerprint density at radius 1 is 0.976 bits per heavy atom. The van der Waals surface area contributed by atoms with Crippen molar-refractivity contribution < 1.29 is 14.2 Å². The van der Waals surface area contributed by atoms with Crippen LogP contribution in [-0.2, 0) is 11.3 Å². The summed E-state index contributed by atoms with van der Waals surface area (Å²) in [5.74, 6) is 2.44. The molecule has 1 aromatic heterocycles. The van der Waals surface area contributed by atoms with Gasteiger partial charge in [0.15, 0.2) is 11.5 Å². The molecule has 1 saturated heterocycles. The lowest BCUT2D eigenvalue weighted by atomic mass is 10.2. The minimum absolute atomic E-state index is 0.303. The van der Waals surface area contributed by atoms with Crippen molar-refractivity contribution in [3.63, 3.8) is 0 Å². The third-order valence-electron chi connectivity index (χ3n) is 6.14. The second kappa shape index (κ2) is 13.7. The second-order valence-corrected chi connectivity index (χ2v) is 10.9. The lowest BCUT2D eigenvalue weighted by molar-refractivity contribution is 0.122. The van der Waals surface area contributed by atoms with E-state index in [2.05, 4.69) is 67.6 Å². The van der Waals surface area contributed by atoms with Crippen molar-refractivity contribution in [2.75, 3.05) is 49.1 Å². The summed E-state index contributed by atoms with van der Waals surface area (Å²) < 4.78 is 18.8. The maximum absolute atomic E-state index is 6.04. The van der Waals surface area contributed by atoms with E-state index in [4.69, 9.17) is 14.2 Å². The number of hydrazone groups is 1. The van der Waals surface area contributed by atoms with Gasteiger partial charge in [-0.25, -0.2) is 5.43 Å². The molecule has 0 bridgehead atoms. The molecular weight excluding hydrogens is 654 g/mol. The molecule has 2 N–H and O–H groups in total. The Kier molecular flexibility index (Phi) is 9.65. The van der Waals surface area contributed by atoms with Crippen molar-refractivity contribution in [1.29, 1.82) is 0 Å². The third kappa shape index (κ3) is 7.72. The van der Waals surface area contributed by atoms with E-state index in [1.54, 1.807) is 13.3 Å². The first kappa shape index (κ1) is 28.8. The van der Waals surface area contributed by atoms with Gasteiger partial charge in [0, 0.05) is 17.6 Å². The smallest absolute Gasteiger partial charge is 0.250 e. The molecule has 0 spiro atoms. The number of anilines is 4. The van der Waals surface area contributed by atoms with Crippen molar-refractivity contribution >= 4 is 61.6 Å². The number of aryl methyl sites for hydroxylation is 1. The largest absolute Gasteiger partial charge is 0.493 e. The first-order chi connectivity index (χ1) is 20.0. The lowest BCUT2D eigenvalue weighted by Crippen LogP contribution is -2.37. The predicted molar refractivity (Wildman–Crippen MR) is 168 cm³/mol. The normalized spacial score (nSPS) is 13.3. The van der Waals surface area contributed by atoms with Crippen molar-refractivity contribution in [1.82, 2.24) is 15.0 Å². The number of nitrogens with one attached hydrogen (secondary N) is 2. The summed E-state index contributed by atoms with van der Waals surface area (Å²) in [4.78, 5) is 15.9. The summed E-state index contributed by atoms with van der Waals surface area (Å²) in [7, 11) is 1.61. The SMILES string of the molecule is COc1cc(/C=N\Nc2nc(Nc3ccc(C)cc3Br)nc(N3CCOCC3)n2)cc(Br)c1OCc1ccccc1. The van der Waals surface area contributed by atoms with E-state index in [1.807, 2.05) is 67.6 Å². The first-order valence-electron chi connectivity index (χ1n) is 12.9. The molecule has 10 nitrogen and oxygen atoms in total. The summed E-state index contributed by atoms with van der Waals surface area (Å²) in [5.41, 5.74) is 6.79. The molecule has 0 aliphatic carbocycles. The summed E-state index contributed by atoms with van der Waals surface area (Å²) in [6.07, 6.45) is 1.66. The van der Waals surface area contributed by atoms with Crippen LogP contribution in [0.2, 0.25) is 0 Å². The van der Waals surface area contributed by atoms with E-state index in [0.717, 1.165) is 31.3 Å². The number of aromatic nitrogens is 3. The predicted octanol–water partition coefficient (Wildman–Crippen LogP) is 6.32. The summed E-state index contributed by atoms with van der Waals surface area (Å²) in [5, 5.41) is 7.67. The van der Waals surface area contributed by atoms with Crippen molar-refractivity contribution in [2.45, 2.75) is 13.5 Å². The molecule has 212 valence electrons. The topological polar surface area (TPSA) is 106 Å². The third-order valence-corrected chi connectivity index (χ3v) is 7.39. The van der Waals surface area contributed by atoms with E-state index in [1.165, 1.54) is 0 Å². The maximum Gasteiger partial charge on any atom is 0.250 e. The van der Waals surface area contributed by atoms with Gasteiger partial charge in [0.25, 0.3) is 0 Å². The number of nitrogens with zero attached hydrogens (tertiary/aromatic N) is 5. The Labute approximate surface area is 255 Å². The molecule has 1 fully saturated rings. The van der Waals surface area contributed by atoms with Crippen LogP contribution < -0.4 is 25.1 Å². The summed E-state index contributed by atoms with van der Waals surface area (Å²) in [6.45, 7) is 5.06. The lowest BCUT2D eigenvalue weighted by Gasteiger charge is -2.27. The zero-order chi connectivity index (χ0) is 28.6. The Bertz CT molecular complexity index is 1520. The maximum atomic E-state index is 6.04. The van der Waals surface area contributed by atoms with Crippen molar-refractivity contribution in [3.8, 4) is 11.5 Å². The van der Waals surface area contributed by atoms with Crippen LogP contribution in [0.1, 0.15) is 16.7 Å². The molecule has 3 aromatic carbocycles. The number of methoxy groups -OCH3 is 1. The standard InChI is InChI=1S/C29H29Br2N7O3/c1-19-8-9-24(22(30)14-19)33-27-34-28(36-29(35-27)38-10-12-40-13-11-38)37-32-17-21-15-23(31)26(25(16-21)39-2)41-18-20-6-4-3-5-7-20/h3-9,14-17H,10-13,18H2,1-2H3,(H2,33,34,35,36,37)/b32-17-. The van der Waals surface area contributed by atoms with Crippen LogP contribution in [0.25, 0.3) is 0 Å². The van der Waals surface area contributed by atoms with E-state index in [-0.39, 0.29) is 0 Å². The molecule has 0 atom stereocenters.